The molecule has 1 nitrogen and oxygen atoms in total. The van der Waals surface area contributed by atoms with Gasteiger partial charge in [-0.25, -0.2) is 0 Å². The van der Waals surface area contributed by atoms with Gasteiger partial charge in [-0.2, -0.15) is 0 Å². The molecule has 0 aromatic carbocycles. The monoisotopic (exact) mass is 178 g/mol. The van der Waals surface area contributed by atoms with Crippen LogP contribution in [0.3, 0.4) is 0 Å². The fraction of sp³-hybridized carbons (Fsp3) is 1.00. The Balaban J connectivity index is 2.77. The highest BCUT2D eigenvalue weighted by Crippen LogP contribution is 2.56. The van der Waals surface area contributed by atoms with Crippen LogP contribution in [0.15, 0.2) is 0 Å². The molecule has 1 aliphatic heterocycles. The molecule has 0 aromatic heterocycles. The van der Waals surface area contributed by atoms with E-state index in [9.17, 15) is 5.11 Å². The average Bonchev–Trinajstić information content (AvgIpc) is 1.95. The third kappa shape index (κ3) is 1.31. The number of rotatable bonds is 0. The van der Waals surface area contributed by atoms with Crippen LogP contribution in [-0.4, -0.2) is 20.7 Å². The highest BCUT2D eigenvalue weighted by molar-refractivity contribution is 8.78. The fourth-order valence-electron chi connectivity index (χ4n) is 1.14. The summed E-state index contributed by atoms with van der Waals surface area (Å²) in [6.07, 6.45) is -0.199. The molecule has 0 aliphatic carbocycles. The van der Waals surface area contributed by atoms with Crippen molar-refractivity contribution in [1.29, 1.82) is 0 Å². The highest BCUT2D eigenvalue weighted by Gasteiger charge is 2.47. The zero-order valence-electron chi connectivity index (χ0n) is 6.84. The van der Waals surface area contributed by atoms with E-state index in [1.54, 1.807) is 21.6 Å². The minimum Gasteiger partial charge on any atom is -0.390 e. The molecule has 0 spiro atoms. The van der Waals surface area contributed by atoms with Gasteiger partial charge in [0.2, 0.25) is 0 Å². The van der Waals surface area contributed by atoms with E-state index in [0.717, 1.165) is 0 Å². The fourth-order valence-corrected chi connectivity index (χ4v) is 4.25. The maximum Gasteiger partial charge on any atom is 0.0839 e. The minimum atomic E-state index is -0.199. The number of hydrogen-bond donors (Lipinski definition) is 1. The molecule has 0 atom stereocenters. The molecule has 60 valence electrons. The largest absolute Gasteiger partial charge is 0.390 e. The first-order valence-electron chi connectivity index (χ1n) is 3.41. The smallest absolute Gasteiger partial charge is 0.0839 e. The molecule has 0 radical (unpaired) electrons. The summed E-state index contributed by atoms with van der Waals surface area (Å²) in [5.41, 5.74) is 0. The first kappa shape index (κ1) is 8.75. The Morgan fingerprint density at radius 2 is 1.30 bits per heavy atom. The van der Waals surface area contributed by atoms with Gasteiger partial charge in [0.1, 0.15) is 0 Å². The Hall–Kier alpha value is 0.660. The maximum absolute atomic E-state index is 9.74. The highest BCUT2D eigenvalue weighted by atomic mass is 33.1. The van der Waals surface area contributed by atoms with Gasteiger partial charge in [0.05, 0.1) is 6.10 Å². The molecule has 1 fully saturated rings. The van der Waals surface area contributed by atoms with Crippen molar-refractivity contribution in [2.24, 2.45) is 0 Å². The molecule has 0 aromatic rings. The Kier molecular flexibility index (Phi) is 2.03. The van der Waals surface area contributed by atoms with Crippen molar-refractivity contribution in [2.75, 3.05) is 0 Å². The summed E-state index contributed by atoms with van der Waals surface area (Å²) >= 11 is 0. The van der Waals surface area contributed by atoms with Crippen LogP contribution in [0.1, 0.15) is 27.7 Å². The normalized spacial score (nSPS) is 30.9. The lowest BCUT2D eigenvalue weighted by Gasteiger charge is -2.27. The molecular formula is C7H14OS2. The predicted molar refractivity (Wildman–Crippen MR) is 49.3 cm³/mol. The van der Waals surface area contributed by atoms with Crippen molar-refractivity contribution in [2.45, 2.75) is 43.3 Å². The first-order chi connectivity index (χ1) is 4.36. The van der Waals surface area contributed by atoms with Crippen molar-refractivity contribution < 1.29 is 5.11 Å². The van der Waals surface area contributed by atoms with Crippen LogP contribution >= 0.6 is 21.6 Å². The molecule has 1 aliphatic rings. The molecule has 1 N–H and O–H groups in total. The second kappa shape index (κ2) is 2.32. The molecular weight excluding hydrogens is 164 g/mol. The Labute approximate surface area is 70.4 Å². The summed E-state index contributed by atoms with van der Waals surface area (Å²) in [6, 6.07) is 0. The quantitative estimate of drug-likeness (QED) is 0.575. The van der Waals surface area contributed by atoms with Crippen molar-refractivity contribution in [3.05, 3.63) is 0 Å². The zero-order chi connectivity index (χ0) is 7.99. The van der Waals surface area contributed by atoms with Crippen molar-refractivity contribution >= 4 is 21.6 Å². The van der Waals surface area contributed by atoms with Crippen LogP contribution in [0.5, 0.6) is 0 Å². The van der Waals surface area contributed by atoms with Crippen molar-refractivity contribution in [3.63, 3.8) is 0 Å². The first-order valence-corrected chi connectivity index (χ1v) is 5.56. The van der Waals surface area contributed by atoms with E-state index in [-0.39, 0.29) is 15.6 Å². The third-order valence-electron chi connectivity index (χ3n) is 1.79. The number of hydrogen-bond acceptors (Lipinski definition) is 3. The van der Waals surface area contributed by atoms with E-state index >= 15 is 0 Å². The van der Waals surface area contributed by atoms with Crippen molar-refractivity contribution in [1.82, 2.24) is 0 Å². The van der Waals surface area contributed by atoms with E-state index in [1.807, 2.05) is 0 Å². The summed E-state index contributed by atoms with van der Waals surface area (Å²) in [4.78, 5) is 0. The van der Waals surface area contributed by atoms with Crippen LogP contribution in [0, 0.1) is 0 Å². The number of aliphatic hydroxyl groups is 1. The molecule has 3 heteroatoms. The molecule has 0 bridgehead atoms. The number of aliphatic hydroxyl groups excluding tert-OH is 1. The topological polar surface area (TPSA) is 20.2 Å². The van der Waals surface area contributed by atoms with Crippen LogP contribution < -0.4 is 0 Å². The summed E-state index contributed by atoms with van der Waals surface area (Å²) in [5.74, 6) is 0. The van der Waals surface area contributed by atoms with E-state index in [0.29, 0.717) is 0 Å². The van der Waals surface area contributed by atoms with Gasteiger partial charge in [0.25, 0.3) is 0 Å². The van der Waals surface area contributed by atoms with Gasteiger partial charge >= 0.3 is 0 Å². The standard InChI is InChI=1S/C7H14OS2/c1-6(2)5(8)7(3,4)10-9-6/h5,8H,1-4H3. The summed E-state index contributed by atoms with van der Waals surface area (Å²) < 4.78 is 0.0440. The molecule has 0 unspecified atom stereocenters. The van der Waals surface area contributed by atoms with Gasteiger partial charge in [-0.15, -0.1) is 0 Å². The summed E-state index contributed by atoms with van der Waals surface area (Å²) in [5, 5.41) is 9.74. The molecule has 1 rings (SSSR count). The lowest BCUT2D eigenvalue weighted by molar-refractivity contribution is 0.116. The Morgan fingerprint density at radius 1 is 1.00 bits per heavy atom. The van der Waals surface area contributed by atoms with E-state index in [4.69, 9.17) is 0 Å². The Bertz CT molecular complexity index is 127. The van der Waals surface area contributed by atoms with Gasteiger partial charge in [0, 0.05) is 9.49 Å². The third-order valence-corrected chi connectivity index (χ3v) is 6.00. The lowest BCUT2D eigenvalue weighted by atomic mass is 9.95. The van der Waals surface area contributed by atoms with Gasteiger partial charge in [-0.3, -0.25) is 0 Å². The van der Waals surface area contributed by atoms with Crippen LogP contribution in [0.25, 0.3) is 0 Å². The van der Waals surface area contributed by atoms with Gasteiger partial charge < -0.3 is 5.11 Å². The maximum atomic E-state index is 9.74. The zero-order valence-corrected chi connectivity index (χ0v) is 8.47. The van der Waals surface area contributed by atoms with Gasteiger partial charge in [-0.05, 0) is 27.7 Å². The summed E-state index contributed by atoms with van der Waals surface area (Å²) in [7, 11) is 3.56. The Morgan fingerprint density at radius 3 is 1.40 bits per heavy atom. The second-order valence-corrected chi connectivity index (χ2v) is 7.21. The van der Waals surface area contributed by atoms with Crippen LogP contribution in [0.4, 0.5) is 0 Å². The second-order valence-electron chi connectivity index (χ2n) is 3.78. The molecule has 1 heterocycles. The van der Waals surface area contributed by atoms with Crippen LogP contribution in [-0.2, 0) is 0 Å². The molecule has 0 saturated carbocycles. The minimum absolute atomic E-state index is 0.0220. The van der Waals surface area contributed by atoms with E-state index in [1.165, 1.54) is 0 Å². The van der Waals surface area contributed by atoms with E-state index in [2.05, 4.69) is 27.7 Å². The molecule has 1 saturated heterocycles. The average molecular weight is 178 g/mol. The van der Waals surface area contributed by atoms with Crippen LogP contribution in [0.2, 0.25) is 0 Å². The van der Waals surface area contributed by atoms with Gasteiger partial charge in [0.15, 0.2) is 0 Å². The lowest BCUT2D eigenvalue weighted by Crippen LogP contribution is -2.40. The molecule has 0 amide bonds. The SMILES string of the molecule is CC1(C)SSC(C)(C)C1O. The van der Waals surface area contributed by atoms with Crippen molar-refractivity contribution in [3.8, 4) is 0 Å². The van der Waals surface area contributed by atoms with E-state index < -0.39 is 0 Å². The summed E-state index contributed by atoms with van der Waals surface area (Å²) in [6.45, 7) is 8.35. The molecule has 10 heavy (non-hydrogen) atoms. The predicted octanol–water partition coefficient (Wildman–Crippen LogP) is 2.30. The van der Waals surface area contributed by atoms with Gasteiger partial charge in [-0.1, -0.05) is 21.6 Å².